The highest BCUT2D eigenvalue weighted by Gasteiger charge is 2.46. The normalized spacial score (nSPS) is 26.0. The fraction of sp³-hybridized carbons (Fsp3) is 1.00. The van der Waals surface area contributed by atoms with Crippen molar-refractivity contribution in [2.45, 2.75) is 59.4 Å². The summed E-state index contributed by atoms with van der Waals surface area (Å²) in [5.41, 5.74) is 0.669. The second-order valence-corrected chi connectivity index (χ2v) is 6.51. The lowest BCUT2D eigenvalue weighted by Gasteiger charge is -2.27. The van der Waals surface area contributed by atoms with E-state index in [1.807, 2.05) is 0 Å². The van der Waals surface area contributed by atoms with Gasteiger partial charge in [0.2, 0.25) is 0 Å². The third-order valence-corrected chi connectivity index (χ3v) is 4.65. The molecule has 2 saturated carbocycles. The second-order valence-electron chi connectivity index (χ2n) is 6.51. The quantitative estimate of drug-likeness (QED) is 0.706. The number of rotatable bonds is 6. The summed E-state index contributed by atoms with van der Waals surface area (Å²) in [5, 5.41) is 3.87. The van der Waals surface area contributed by atoms with Gasteiger partial charge in [0.1, 0.15) is 0 Å². The Kier molecular flexibility index (Phi) is 3.12. The maximum Gasteiger partial charge on any atom is 0.0118 e. The van der Waals surface area contributed by atoms with Gasteiger partial charge in [-0.3, -0.25) is 0 Å². The monoisotopic (exact) mass is 209 g/mol. The van der Waals surface area contributed by atoms with E-state index in [1.165, 1.54) is 32.2 Å². The molecule has 1 N–H and O–H groups in total. The van der Waals surface area contributed by atoms with E-state index in [-0.39, 0.29) is 0 Å². The highest BCUT2D eigenvalue weighted by atomic mass is 15.0. The molecular weight excluding hydrogens is 182 g/mol. The first-order chi connectivity index (χ1) is 7.05. The molecule has 0 aromatic carbocycles. The molecule has 0 heterocycles. The molecule has 2 aliphatic rings. The van der Waals surface area contributed by atoms with Crippen molar-refractivity contribution in [1.82, 2.24) is 5.32 Å². The Morgan fingerprint density at radius 3 is 2.07 bits per heavy atom. The van der Waals surface area contributed by atoms with Crippen LogP contribution in [0.25, 0.3) is 0 Å². The second kappa shape index (κ2) is 4.08. The standard InChI is InChI=1S/C14H27N/c1-10(2)13(12-5-6-12)15-9-14(7-8-14)11(3)4/h10-13,15H,5-9H2,1-4H3. The summed E-state index contributed by atoms with van der Waals surface area (Å²) in [6, 6.07) is 0.793. The van der Waals surface area contributed by atoms with E-state index < -0.39 is 0 Å². The Morgan fingerprint density at radius 1 is 1.13 bits per heavy atom. The molecular formula is C14H27N. The average molecular weight is 209 g/mol. The summed E-state index contributed by atoms with van der Waals surface area (Å²) in [6.07, 6.45) is 5.83. The largest absolute Gasteiger partial charge is 0.313 e. The van der Waals surface area contributed by atoms with Crippen molar-refractivity contribution in [1.29, 1.82) is 0 Å². The highest BCUT2D eigenvalue weighted by Crippen LogP contribution is 2.51. The highest BCUT2D eigenvalue weighted by molar-refractivity contribution is 4.99. The van der Waals surface area contributed by atoms with Gasteiger partial charge >= 0.3 is 0 Å². The maximum absolute atomic E-state index is 3.87. The molecule has 0 saturated heterocycles. The summed E-state index contributed by atoms with van der Waals surface area (Å²) < 4.78 is 0. The molecule has 15 heavy (non-hydrogen) atoms. The summed E-state index contributed by atoms with van der Waals surface area (Å²) in [6.45, 7) is 10.8. The molecule has 0 bridgehead atoms. The van der Waals surface area contributed by atoms with Crippen LogP contribution in [-0.2, 0) is 0 Å². The zero-order valence-corrected chi connectivity index (χ0v) is 10.8. The smallest absolute Gasteiger partial charge is 0.0118 e. The van der Waals surface area contributed by atoms with Crippen molar-refractivity contribution in [3.63, 3.8) is 0 Å². The Morgan fingerprint density at radius 2 is 1.73 bits per heavy atom. The molecule has 1 unspecified atom stereocenters. The third-order valence-electron chi connectivity index (χ3n) is 4.65. The van der Waals surface area contributed by atoms with Crippen LogP contribution in [0.2, 0.25) is 0 Å². The number of hydrogen-bond donors (Lipinski definition) is 1. The van der Waals surface area contributed by atoms with Crippen molar-refractivity contribution >= 4 is 0 Å². The van der Waals surface area contributed by atoms with E-state index in [1.54, 1.807) is 0 Å². The molecule has 1 heteroatoms. The van der Waals surface area contributed by atoms with Crippen LogP contribution in [0.4, 0.5) is 0 Å². The van der Waals surface area contributed by atoms with E-state index >= 15 is 0 Å². The maximum atomic E-state index is 3.87. The molecule has 2 rings (SSSR count). The average Bonchev–Trinajstić information content (AvgIpc) is 2.98. The van der Waals surface area contributed by atoms with Crippen molar-refractivity contribution in [2.24, 2.45) is 23.2 Å². The van der Waals surface area contributed by atoms with E-state index in [9.17, 15) is 0 Å². The van der Waals surface area contributed by atoms with Crippen LogP contribution in [0.5, 0.6) is 0 Å². The molecule has 0 radical (unpaired) electrons. The molecule has 2 aliphatic carbocycles. The van der Waals surface area contributed by atoms with Crippen LogP contribution in [0.1, 0.15) is 53.4 Å². The van der Waals surface area contributed by atoms with Crippen LogP contribution in [0, 0.1) is 23.2 Å². The third kappa shape index (κ3) is 2.55. The Bertz CT molecular complexity index is 209. The van der Waals surface area contributed by atoms with E-state index in [0.29, 0.717) is 5.41 Å². The Hall–Kier alpha value is -0.0400. The van der Waals surface area contributed by atoms with Gasteiger partial charge in [0.05, 0.1) is 0 Å². The van der Waals surface area contributed by atoms with Gasteiger partial charge in [-0.25, -0.2) is 0 Å². The van der Waals surface area contributed by atoms with Gasteiger partial charge in [-0.15, -0.1) is 0 Å². The lowest BCUT2D eigenvalue weighted by atomic mass is 9.91. The molecule has 0 amide bonds. The molecule has 1 nitrogen and oxygen atoms in total. The van der Waals surface area contributed by atoms with Gasteiger partial charge in [0.25, 0.3) is 0 Å². The van der Waals surface area contributed by atoms with Crippen molar-refractivity contribution < 1.29 is 0 Å². The fourth-order valence-electron chi connectivity index (χ4n) is 2.84. The van der Waals surface area contributed by atoms with Crippen LogP contribution in [0.3, 0.4) is 0 Å². The van der Waals surface area contributed by atoms with E-state index in [2.05, 4.69) is 33.0 Å². The molecule has 0 aromatic heterocycles. The van der Waals surface area contributed by atoms with Gasteiger partial charge in [-0.05, 0) is 48.9 Å². The molecule has 1 atom stereocenters. The van der Waals surface area contributed by atoms with Gasteiger partial charge < -0.3 is 5.32 Å². The van der Waals surface area contributed by atoms with Crippen LogP contribution in [-0.4, -0.2) is 12.6 Å². The summed E-state index contributed by atoms with van der Waals surface area (Å²) in [7, 11) is 0. The molecule has 88 valence electrons. The van der Waals surface area contributed by atoms with E-state index in [4.69, 9.17) is 0 Å². The number of hydrogen-bond acceptors (Lipinski definition) is 1. The molecule has 0 aliphatic heterocycles. The number of nitrogens with one attached hydrogen (secondary N) is 1. The minimum Gasteiger partial charge on any atom is -0.313 e. The Balaban J connectivity index is 1.80. The van der Waals surface area contributed by atoms with E-state index in [0.717, 1.165) is 23.8 Å². The van der Waals surface area contributed by atoms with Crippen molar-refractivity contribution in [3.8, 4) is 0 Å². The van der Waals surface area contributed by atoms with Gasteiger partial charge in [-0.1, -0.05) is 27.7 Å². The predicted octanol–water partition coefficient (Wildman–Crippen LogP) is 3.45. The molecule has 2 fully saturated rings. The topological polar surface area (TPSA) is 12.0 Å². The summed E-state index contributed by atoms with van der Waals surface area (Å²) in [5.74, 6) is 2.66. The minimum atomic E-state index is 0.669. The fourth-order valence-corrected chi connectivity index (χ4v) is 2.84. The SMILES string of the molecule is CC(C)C(NCC1(C(C)C)CC1)C1CC1. The predicted molar refractivity (Wildman–Crippen MR) is 65.9 cm³/mol. The van der Waals surface area contributed by atoms with Crippen molar-refractivity contribution in [3.05, 3.63) is 0 Å². The molecule has 0 aromatic rings. The zero-order chi connectivity index (χ0) is 11.1. The first kappa shape index (κ1) is 11.4. The van der Waals surface area contributed by atoms with Crippen molar-refractivity contribution in [2.75, 3.05) is 6.54 Å². The lowest BCUT2D eigenvalue weighted by Crippen LogP contribution is -2.40. The van der Waals surface area contributed by atoms with Crippen LogP contribution >= 0.6 is 0 Å². The Labute approximate surface area is 95.0 Å². The summed E-state index contributed by atoms with van der Waals surface area (Å²) in [4.78, 5) is 0. The molecule has 0 spiro atoms. The minimum absolute atomic E-state index is 0.669. The summed E-state index contributed by atoms with van der Waals surface area (Å²) >= 11 is 0. The first-order valence-electron chi connectivity index (χ1n) is 6.78. The van der Waals surface area contributed by atoms with Crippen LogP contribution in [0.15, 0.2) is 0 Å². The van der Waals surface area contributed by atoms with Gasteiger partial charge in [0, 0.05) is 12.6 Å². The van der Waals surface area contributed by atoms with Gasteiger partial charge in [-0.2, -0.15) is 0 Å². The van der Waals surface area contributed by atoms with Gasteiger partial charge in [0.15, 0.2) is 0 Å². The first-order valence-corrected chi connectivity index (χ1v) is 6.78. The lowest BCUT2D eigenvalue weighted by molar-refractivity contribution is 0.280. The zero-order valence-electron chi connectivity index (χ0n) is 10.8. The van der Waals surface area contributed by atoms with Crippen LogP contribution < -0.4 is 5.32 Å².